The molecule has 0 saturated heterocycles. The maximum absolute atomic E-state index is 10.8. The topological polar surface area (TPSA) is 49.4 Å². The molecule has 3 heteroatoms. The average molecular weight is 227 g/mol. The molecule has 0 N–H and O–H groups in total. The lowest BCUT2D eigenvalue weighted by atomic mass is 10.2. The molecule has 2 aromatic rings. The Labute approximate surface area is 99.3 Å². The van der Waals surface area contributed by atoms with E-state index in [1.165, 1.54) is 6.07 Å². The van der Waals surface area contributed by atoms with Gasteiger partial charge in [0.1, 0.15) is 12.4 Å². The number of carboxylic acids is 1. The first-order chi connectivity index (χ1) is 8.27. The number of carboxylic acid groups (broad SMARTS) is 1. The lowest BCUT2D eigenvalue weighted by Crippen LogP contribution is -2.23. The summed E-state index contributed by atoms with van der Waals surface area (Å²) in [5.74, 6) is -0.898. The number of benzene rings is 2. The summed E-state index contributed by atoms with van der Waals surface area (Å²) in [5.41, 5.74) is 1.06. The molecule has 0 aromatic heterocycles. The zero-order chi connectivity index (χ0) is 12.1. The summed E-state index contributed by atoms with van der Waals surface area (Å²) in [4.78, 5) is 10.8. The number of hydrogen-bond donors (Lipinski definition) is 0. The Hall–Kier alpha value is -2.29. The standard InChI is InChI=1S/C14H12O3/c15-14(16)12-8-4-5-9-13(12)17-10-11-6-2-1-3-7-11/h1-9H,10H2,(H,15,16)/p-1. The van der Waals surface area contributed by atoms with E-state index < -0.39 is 5.97 Å². The van der Waals surface area contributed by atoms with Gasteiger partial charge in [0.05, 0.1) is 5.97 Å². The predicted molar refractivity (Wildman–Crippen MR) is 61.5 cm³/mol. The fourth-order valence-electron chi connectivity index (χ4n) is 1.50. The molecule has 17 heavy (non-hydrogen) atoms. The fourth-order valence-corrected chi connectivity index (χ4v) is 1.50. The van der Waals surface area contributed by atoms with Crippen molar-refractivity contribution < 1.29 is 14.6 Å². The number of carbonyl (C=O) groups is 1. The van der Waals surface area contributed by atoms with Crippen LogP contribution in [0.5, 0.6) is 5.75 Å². The van der Waals surface area contributed by atoms with Crippen molar-refractivity contribution in [3.8, 4) is 5.75 Å². The van der Waals surface area contributed by atoms with E-state index in [0.29, 0.717) is 12.4 Å². The molecule has 0 saturated carbocycles. The van der Waals surface area contributed by atoms with E-state index in [1.807, 2.05) is 30.3 Å². The molecule has 86 valence electrons. The van der Waals surface area contributed by atoms with Gasteiger partial charge >= 0.3 is 0 Å². The number of hydrogen-bond acceptors (Lipinski definition) is 3. The highest BCUT2D eigenvalue weighted by atomic mass is 16.5. The highest BCUT2D eigenvalue weighted by molar-refractivity contribution is 5.89. The monoisotopic (exact) mass is 227 g/mol. The average Bonchev–Trinajstić information content (AvgIpc) is 2.38. The Morgan fingerprint density at radius 2 is 1.65 bits per heavy atom. The van der Waals surface area contributed by atoms with Gasteiger partial charge in [-0.05, 0) is 17.7 Å². The number of rotatable bonds is 4. The largest absolute Gasteiger partial charge is 0.545 e. The molecule has 2 aromatic carbocycles. The van der Waals surface area contributed by atoms with E-state index in [2.05, 4.69) is 0 Å². The van der Waals surface area contributed by atoms with E-state index in [9.17, 15) is 9.90 Å². The molecule has 3 nitrogen and oxygen atoms in total. The molecule has 0 radical (unpaired) electrons. The smallest absolute Gasteiger partial charge is 0.128 e. The molecular weight excluding hydrogens is 216 g/mol. The zero-order valence-corrected chi connectivity index (χ0v) is 9.13. The van der Waals surface area contributed by atoms with Crippen LogP contribution < -0.4 is 9.84 Å². The minimum atomic E-state index is -1.23. The molecular formula is C14H11O3-. The van der Waals surface area contributed by atoms with Crippen LogP contribution in [-0.4, -0.2) is 5.97 Å². The van der Waals surface area contributed by atoms with Gasteiger partial charge in [0, 0.05) is 5.56 Å². The molecule has 0 heterocycles. The van der Waals surface area contributed by atoms with Crippen molar-refractivity contribution >= 4 is 5.97 Å². The van der Waals surface area contributed by atoms with E-state index in [4.69, 9.17) is 4.74 Å². The molecule has 0 aliphatic carbocycles. The first-order valence-electron chi connectivity index (χ1n) is 5.24. The normalized spacial score (nSPS) is 9.88. The maximum Gasteiger partial charge on any atom is 0.128 e. The highest BCUT2D eigenvalue weighted by Crippen LogP contribution is 2.18. The Bertz CT molecular complexity index is 506. The summed E-state index contributed by atoms with van der Waals surface area (Å²) in [7, 11) is 0. The molecule has 0 amide bonds. The van der Waals surface area contributed by atoms with Gasteiger partial charge in [0.2, 0.25) is 0 Å². The summed E-state index contributed by atoms with van der Waals surface area (Å²) in [6.45, 7) is 0.338. The molecule has 2 rings (SSSR count). The van der Waals surface area contributed by atoms with Crippen LogP contribution in [0.1, 0.15) is 15.9 Å². The van der Waals surface area contributed by atoms with Crippen LogP contribution in [0.4, 0.5) is 0 Å². The SMILES string of the molecule is O=C([O-])c1ccccc1OCc1ccccc1. The van der Waals surface area contributed by atoms with Gasteiger partial charge < -0.3 is 14.6 Å². The van der Waals surface area contributed by atoms with E-state index in [1.54, 1.807) is 18.2 Å². The van der Waals surface area contributed by atoms with Crippen molar-refractivity contribution in [2.75, 3.05) is 0 Å². The van der Waals surface area contributed by atoms with Gasteiger partial charge in [0.15, 0.2) is 0 Å². The van der Waals surface area contributed by atoms with Crippen molar-refractivity contribution in [1.82, 2.24) is 0 Å². The molecule has 0 fully saturated rings. The molecule has 0 bridgehead atoms. The second-order valence-corrected chi connectivity index (χ2v) is 3.56. The minimum Gasteiger partial charge on any atom is -0.545 e. The molecule has 0 unspecified atom stereocenters. The number of carbonyl (C=O) groups excluding carboxylic acids is 1. The second kappa shape index (κ2) is 5.16. The summed E-state index contributed by atoms with van der Waals surface area (Å²) < 4.78 is 5.46. The van der Waals surface area contributed by atoms with Crippen LogP contribution in [0.2, 0.25) is 0 Å². The van der Waals surface area contributed by atoms with E-state index >= 15 is 0 Å². The van der Waals surface area contributed by atoms with E-state index in [-0.39, 0.29) is 5.56 Å². The van der Waals surface area contributed by atoms with Gasteiger partial charge in [-0.1, -0.05) is 42.5 Å². The van der Waals surface area contributed by atoms with Crippen LogP contribution >= 0.6 is 0 Å². The van der Waals surface area contributed by atoms with Crippen LogP contribution in [0.15, 0.2) is 54.6 Å². The van der Waals surface area contributed by atoms with Gasteiger partial charge in [-0.2, -0.15) is 0 Å². The molecule has 0 atom stereocenters. The van der Waals surface area contributed by atoms with Crippen LogP contribution in [0, 0.1) is 0 Å². The third kappa shape index (κ3) is 2.84. The van der Waals surface area contributed by atoms with Crippen molar-refractivity contribution in [3.05, 3.63) is 65.7 Å². The third-order valence-corrected chi connectivity index (χ3v) is 2.34. The Morgan fingerprint density at radius 1 is 1.00 bits per heavy atom. The van der Waals surface area contributed by atoms with E-state index in [0.717, 1.165) is 5.56 Å². The third-order valence-electron chi connectivity index (χ3n) is 2.34. The number of aromatic carboxylic acids is 1. The Kier molecular flexibility index (Phi) is 3.40. The quantitative estimate of drug-likeness (QED) is 0.797. The maximum atomic E-state index is 10.8. The lowest BCUT2D eigenvalue weighted by molar-refractivity contribution is -0.255. The Morgan fingerprint density at radius 3 is 2.35 bits per heavy atom. The first-order valence-corrected chi connectivity index (χ1v) is 5.24. The lowest BCUT2D eigenvalue weighted by Gasteiger charge is -2.11. The molecule has 0 aliphatic rings. The van der Waals surface area contributed by atoms with Gasteiger partial charge in [0.25, 0.3) is 0 Å². The first kappa shape index (κ1) is 11.2. The van der Waals surface area contributed by atoms with Crippen molar-refractivity contribution in [1.29, 1.82) is 0 Å². The van der Waals surface area contributed by atoms with Crippen LogP contribution in [0.25, 0.3) is 0 Å². The summed E-state index contributed by atoms with van der Waals surface area (Å²) in [5, 5.41) is 10.8. The fraction of sp³-hybridized carbons (Fsp3) is 0.0714. The summed E-state index contributed by atoms with van der Waals surface area (Å²) >= 11 is 0. The zero-order valence-electron chi connectivity index (χ0n) is 9.13. The van der Waals surface area contributed by atoms with Gasteiger partial charge in [-0.25, -0.2) is 0 Å². The van der Waals surface area contributed by atoms with Gasteiger partial charge in [-0.15, -0.1) is 0 Å². The van der Waals surface area contributed by atoms with Crippen LogP contribution in [-0.2, 0) is 6.61 Å². The molecule has 0 spiro atoms. The second-order valence-electron chi connectivity index (χ2n) is 3.56. The predicted octanol–water partition coefficient (Wildman–Crippen LogP) is 1.63. The highest BCUT2D eigenvalue weighted by Gasteiger charge is 2.03. The van der Waals surface area contributed by atoms with Crippen molar-refractivity contribution in [3.63, 3.8) is 0 Å². The van der Waals surface area contributed by atoms with Crippen LogP contribution in [0.3, 0.4) is 0 Å². The molecule has 0 aliphatic heterocycles. The number of para-hydroxylation sites is 1. The van der Waals surface area contributed by atoms with Crippen molar-refractivity contribution in [2.24, 2.45) is 0 Å². The van der Waals surface area contributed by atoms with Gasteiger partial charge in [-0.3, -0.25) is 0 Å². The Balaban J connectivity index is 2.12. The summed E-state index contributed by atoms with van der Waals surface area (Å²) in [6, 6.07) is 16.0. The van der Waals surface area contributed by atoms with Crippen molar-refractivity contribution in [2.45, 2.75) is 6.61 Å². The minimum absolute atomic E-state index is 0.0726. The number of ether oxygens (including phenoxy) is 1. The summed E-state index contributed by atoms with van der Waals surface area (Å²) in [6.07, 6.45) is 0.